The number of amides is 1. The molecule has 0 aliphatic heterocycles. The Kier molecular flexibility index (Phi) is 8.38. The molecule has 136 valence electrons. The van der Waals surface area contributed by atoms with Crippen molar-refractivity contribution in [1.82, 2.24) is 15.4 Å². The first kappa shape index (κ1) is 20.6. The van der Waals surface area contributed by atoms with Gasteiger partial charge in [-0.1, -0.05) is 38.5 Å². The third-order valence-corrected chi connectivity index (χ3v) is 4.99. The van der Waals surface area contributed by atoms with Gasteiger partial charge in [-0.3, -0.25) is 4.79 Å². The van der Waals surface area contributed by atoms with Crippen LogP contribution in [0.15, 0.2) is 29.2 Å². The summed E-state index contributed by atoms with van der Waals surface area (Å²) in [6.07, 6.45) is 0.443. The third-order valence-electron chi connectivity index (χ3n) is 3.50. The summed E-state index contributed by atoms with van der Waals surface area (Å²) in [6.45, 7) is 9.74. The fourth-order valence-corrected chi connectivity index (χ4v) is 3.44. The number of sulfonamides is 1. The van der Waals surface area contributed by atoms with Crippen molar-refractivity contribution in [2.75, 3.05) is 19.6 Å². The first-order valence-corrected chi connectivity index (χ1v) is 9.82. The quantitative estimate of drug-likeness (QED) is 0.554. The average Bonchev–Trinajstić information content (AvgIpc) is 2.50. The summed E-state index contributed by atoms with van der Waals surface area (Å²) in [5.41, 5.74) is 0.980. The fourth-order valence-electron chi connectivity index (χ4n) is 2.23. The number of carbonyl (C=O) groups is 1. The van der Waals surface area contributed by atoms with Crippen LogP contribution in [0, 0.1) is 12.8 Å². The van der Waals surface area contributed by atoms with Gasteiger partial charge in [-0.2, -0.15) is 4.72 Å². The predicted molar refractivity (Wildman–Crippen MR) is 96.3 cm³/mol. The molecule has 0 bridgehead atoms. The highest BCUT2D eigenvalue weighted by atomic mass is 32.2. The number of carbonyl (C=O) groups excluding carboxylic acids is 1. The van der Waals surface area contributed by atoms with E-state index in [1.54, 1.807) is 24.3 Å². The van der Waals surface area contributed by atoms with E-state index in [1.807, 2.05) is 27.7 Å². The van der Waals surface area contributed by atoms with Crippen molar-refractivity contribution in [3.8, 4) is 0 Å². The molecule has 0 aliphatic carbocycles. The molecule has 7 heteroatoms. The van der Waals surface area contributed by atoms with Crippen LogP contribution in [0.1, 0.15) is 32.8 Å². The molecular formula is C17H29N3O3S. The summed E-state index contributed by atoms with van der Waals surface area (Å²) in [7, 11) is -3.73. The molecule has 24 heavy (non-hydrogen) atoms. The Morgan fingerprint density at radius 2 is 1.75 bits per heavy atom. The number of hydrogen-bond acceptors (Lipinski definition) is 4. The fraction of sp³-hybridized carbons (Fsp3) is 0.588. The summed E-state index contributed by atoms with van der Waals surface area (Å²) in [6, 6.07) is 5.80. The molecule has 0 saturated heterocycles. The van der Waals surface area contributed by atoms with E-state index in [0.717, 1.165) is 12.1 Å². The second kappa shape index (κ2) is 9.76. The maximum atomic E-state index is 12.5. The smallest absolute Gasteiger partial charge is 0.241 e. The average molecular weight is 356 g/mol. The lowest BCUT2D eigenvalue weighted by Gasteiger charge is -2.20. The molecule has 0 aromatic heterocycles. The Labute approximate surface area is 145 Å². The molecule has 1 aromatic rings. The zero-order valence-electron chi connectivity index (χ0n) is 14.9. The van der Waals surface area contributed by atoms with E-state index < -0.39 is 16.1 Å². The minimum absolute atomic E-state index is 0.169. The summed E-state index contributed by atoms with van der Waals surface area (Å²) >= 11 is 0. The molecule has 0 fully saturated rings. The highest BCUT2D eigenvalue weighted by Crippen LogP contribution is 2.13. The number of likely N-dealkylation sites (N-methyl/N-ethyl adjacent to an activating group) is 1. The van der Waals surface area contributed by atoms with Gasteiger partial charge in [0, 0.05) is 13.1 Å². The van der Waals surface area contributed by atoms with Gasteiger partial charge < -0.3 is 10.6 Å². The van der Waals surface area contributed by atoms with Gasteiger partial charge in [-0.25, -0.2) is 8.42 Å². The van der Waals surface area contributed by atoms with E-state index in [0.29, 0.717) is 19.5 Å². The Morgan fingerprint density at radius 1 is 1.12 bits per heavy atom. The van der Waals surface area contributed by atoms with Crippen LogP contribution in [0.4, 0.5) is 0 Å². The lowest BCUT2D eigenvalue weighted by molar-refractivity contribution is -0.123. The van der Waals surface area contributed by atoms with Gasteiger partial charge >= 0.3 is 0 Å². The standard InChI is InChI=1S/C17H29N3O3S/c1-5-18-10-11-19-17(21)16(12-13(2)3)20-24(22,23)15-8-6-14(4)7-9-15/h6-9,13,16,18,20H,5,10-12H2,1-4H3,(H,19,21). The molecule has 1 aromatic carbocycles. The molecular weight excluding hydrogens is 326 g/mol. The highest BCUT2D eigenvalue weighted by molar-refractivity contribution is 7.89. The zero-order chi connectivity index (χ0) is 18.2. The van der Waals surface area contributed by atoms with Crippen LogP contribution in [0.3, 0.4) is 0 Å². The SMILES string of the molecule is CCNCCNC(=O)C(CC(C)C)NS(=O)(=O)c1ccc(C)cc1. The van der Waals surface area contributed by atoms with Crippen LogP contribution in [0.25, 0.3) is 0 Å². The zero-order valence-corrected chi connectivity index (χ0v) is 15.7. The summed E-state index contributed by atoms with van der Waals surface area (Å²) in [4.78, 5) is 12.5. The van der Waals surface area contributed by atoms with Gasteiger partial charge in [0.25, 0.3) is 0 Å². The molecule has 0 spiro atoms. The number of hydrogen-bond donors (Lipinski definition) is 3. The van der Waals surface area contributed by atoms with Crippen LogP contribution in [0.5, 0.6) is 0 Å². The maximum absolute atomic E-state index is 12.5. The van der Waals surface area contributed by atoms with Gasteiger partial charge in [0.05, 0.1) is 4.90 Å². The van der Waals surface area contributed by atoms with E-state index >= 15 is 0 Å². The molecule has 1 amide bonds. The van der Waals surface area contributed by atoms with E-state index in [-0.39, 0.29) is 16.7 Å². The number of rotatable bonds is 10. The van der Waals surface area contributed by atoms with E-state index in [9.17, 15) is 13.2 Å². The minimum Gasteiger partial charge on any atom is -0.353 e. The van der Waals surface area contributed by atoms with Gasteiger partial charge in [0.15, 0.2) is 0 Å². The van der Waals surface area contributed by atoms with Crippen molar-refractivity contribution >= 4 is 15.9 Å². The molecule has 0 radical (unpaired) electrons. The second-order valence-corrected chi connectivity index (χ2v) is 7.98. The number of benzene rings is 1. The van der Waals surface area contributed by atoms with E-state index in [1.165, 1.54) is 0 Å². The molecule has 0 saturated carbocycles. The third kappa shape index (κ3) is 6.98. The molecule has 1 rings (SSSR count). The van der Waals surface area contributed by atoms with Gasteiger partial charge in [0.2, 0.25) is 15.9 Å². The summed E-state index contributed by atoms with van der Waals surface area (Å²) in [5, 5.41) is 5.89. The van der Waals surface area contributed by atoms with Crippen LogP contribution in [0.2, 0.25) is 0 Å². The minimum atomic E-state index is -3.73. The molecule has 3 N–H and O–H groups in total. The first-order valence-electron chi connectivity index (χ1n) is 8.33. The van der Waals surface area contributed by atoms with Crippen molar-refractivity contribution in [2.24, 2.45) is 5.92 Å². The van der Waals surface area contributed by atoms with Gasteiger partial charge in [0.1, 0.15) is 6.04 Å². The monoisotopic (exact) mass is 355 g/mol. The highest BCUT2D eigenvalue weighted by Gasteiger charge is 2.26. The molecule has 0 heterocycles. The second-order valence-electron chi connectivity index (χ2n) is 6.26. The molecule has 1 atom stereocenters. The van der Waals surface area contributed by atoms with E-state index in [4.69, 9.17) is 0 Å². The van der Waals surface area contributed by atoms with Crippen molar-refractivity contribution in [2.45, 2.75) is 45.1 Å². The number of aryl methyl sites for hydroxylation is 1. The largest absolute Gasteiger partial charge is 0.353 e. The Hall–Kier alpha value is -1.44. The number of nitrogens with one attached hydrogen (secondary N) is 3. The van der Waals surface area contributed by atoms with Crippen LogP contribution < -0.4 is 15.4 Å². The maximum Gasteiger partial charge on any atom is 0.241 e. The molecule has 0 aliphatic rings. The first-order chi connectivity index (χ1) is 11.3. The molecule has 6 nitrogen and oxygen atoms in total. The summed E-state index contributed by atoms with van der Waals surface area (Å²) in [5.74, 6) is -0.104. The van der Waals surface area contributed by atoms with Crippen molar-refractivity contribution < 1.29 is 13.2 Å². The molecule has 1 unspecified atom stereocenters. The summed E-state index contributed by atoms with van der Waals surface area (Å²) < 4.78 is 27.6. The Bertz CT molecular complexity index is 612. The van der Waals surface area contributed by atoms with Crippen LogP contribution >= 0.6 is 0 Å². The predicted octanol–water partition coefficient (Wildman–Crippen LogP) is 1.41. The van der Waals surface area contributed by atoms with E-state index in [2.05, 4.69) is 15.4 Å². The van der Waals surface area contributed by atoms with Crippen LogP contribution in [-0.2, 0) is 14.8 Å². The Morgan fingerprint density at radius 3 is 2.29 bits per heavy atom. The van der Waals surface area contributed by atoms with Crippen LogP contribution in [-0.4, -0.2) is 40.0 Å². The normalized spacial score (nSPS) is 13.0. The van der Waals surface area contributed by atoms with Gasteiger partial charge in [-0.05, 0) is 37.9 Å². The van der Waals surface area contributed by atoms with Crippen molar-refractivity contribution in [3.63, 3.8) is 0 Å². The topological polar surface area (TPSA) is 87.3 Å². The van der Waals surface area contributed by atoms with Crippen molar-refractivity contribution in [1.29, 1.82) is 0 Å². The lowest BCUT2D eigenvalue weighted by atomic mass is 10.0. The lowest BCUT2D eigenvalue weighted by Crippen LogP contribution is -2.48. The van der Waals surface area contributed by atoms with Gasteiger partial charge in [-0.15, -0.1) is 0 Å². The Balaban J connectivity index is 2.80. The van der Waals surface area contributed by atoms with Crippen molar-refractivity contribution in [3.05, 3.63) is 29.8 Å².